The fraction of sp³-hybridized carbons (Fsp3) is 0.167. The molecule has 2 aromatic rings. The van der Waals surface area contributed by atoms with E-state index in [0.29, 0.717) is 11.8 Å². The number of hydrogen-bond acceptors (Lipinski definition) is 5. The number of benzene rings is 1. The fourth-order valence-corrected chi connectivity index (χ4v) is 2.22. The van der Waals surface area contributed by atoms with Crippen LogP contribution in [0.1, 0.15) is 18.1 Å². The first-order chi connectivity index (χ1) is 13.1. The van der Waals surface area contributed by atoms with Crippen molar-refractivity contribution in [2.75, 3.05) is 7.11 Å². The maximum atomic E-state index is 12.6. The number of methoxy groups -OCH3 is 1. The molecule has 0 fully saturated rings. The number of carbonyl (C=O) groups excluding carboxylic acids is 2. The second-order valence-corrected chi connectivity index (χ2v) is 5.82. The van der Waals surface area contributed by atoms with Crippen molar-refractivity contribution in [3.8, 4) is 11.6 Å². The van der Waals surface area contributed by atoms with E-state index in [0.717, 1.165) is 6.07 Å². The molecule has 0 atom stereocenters. The highest BCUT2D eigenvalue weighted by atomic mass is 35.5. The Morgan fingerprint density at radius 1 is 1.21 bits per heavy atom. The minimum atomic E-state index is -4.56. The van der Waals surface area contributed by atoms with E-state index in [1.165, 1.54) is 32.2 Å². The van der Waals surface area contributed by atoms with E-state index in [-0.39, 0.29) is 22.3 Å². The molecule has 1 aromatic carbocycles. The van der Waals surface area contributed by atoms with E-state index >= 15 is 0 Å². The molecule has 0 radical (unpaired) electrons. The quantitative estimate of drug-likeness (QED) is 0.586. The van der Waals surface area contributed by atoms with Gasteiger partial charge < -0.3 is 14.8 Å². The van der Waals surface area contributed by atoms with Gasteiger partial charge in [-0.3, -0.25) is 4.79 Å². The number of alkyl halides is 3. The maximum absolute atomic E-state index is 12.6. The molecule has 6 nitrogen and oxygen atoms in total. The van der Waals surface area contributed by atoms with Crippen LogP contribution in [0.15, 0.2) is 42.2 Å². The molecule has 0 aliphatic rings. The van der Waals surface area contributed by atoms with Gasteiger partial charge in [-0.2, -0.15) is 13.2 Å². The maximum Gasteiger partial charge on any atom is 0.417 e. The molecule has 28 heavy (non-hydrogen) atoms. The minimum absolute atomic E-state index is 0.0591. The van der Waals surface area contributed by atoms with E-state index in [1.54, 1.807) is 12.1 Å². The van der Waals surface area contributed by atoms with Gasteiger partial charge in [-0.05, 0) is 29.8 Å². The third-order valence-corrected chi connectivity index (χ3v) is 3.53. The summed E-state index contributed by atoms with van der Waals surface area (Å²) in [5.74, 6) is -1.10. The topological polar surface area (TPSA) is 77.5 Å². The third-order valence-electron chi connectivity index (χ3n) is 3.26. The van der Waals surface area contributed by atoms with Crippen molar-refractivity contribution in [2.45, 2.75) is 13.1 Å². The molecule has 0 saturated carbocycles. The molecule has 0 bridgehead atoms. The Morgan fingerprint density at radius 2 is 1.86 bits per heavy atom. The van der Waals surface area contributed by atoms with Crippen molar-refractivity contribution in [3.63, 3.8) is 0 Å². The average molecular weight is 415 g/mol. The van der Waals surface area contributed by atoms with Crippen LogP contribution in [0.25, 0.3) is 6.08 Å². The third kappa shape index (κ3) is 5.71. The standard InChI is InChI=1S/C18H14ClF3N2O4/c1-10(25)24-15(17(26)27-2)7-11-3-5-13(6-4-11)28-16-14(19)8-12(9-23-16)18(20,21)22/h3-9H,1-2H3,(H,24,25)/b15-7+. The van der Waals surface area contributed by atoms with E-state index in [4.69, 9.17) is 16.3 Å². The van der Waals surface area contributed by atoms with Crippen LogP contribution in [0.4, 0.5) is 13.2 Å². The minimum Gasteiger partial charge on any atom is -0.464 e. The number of carbonyl (C=O) groups is 2. The molecule has 0 spiro atoms. The van der Waals surface area contributed by atoms with E-state index in [1.807, 2.05) is 0 Å². The van der Waals surface area contributed by atoms with Crippen molar-refractivity contribution in [1.29, 1.82) is 0 Å². The van der Waals surface area contributed by atoms with E-state index in [9.17, 15) is 22.8 Å². The lowest BCUT2D eigenvalue weighted by molar-refractivity contribution is -0.138. The largest absolute Gasteiger partial charge is 0.464 e. The molecule has 0 aliphatic heterocycles. The molecular weight excluding hydrogens is 401 g/mol. The number of nitrogens with zero attached hydrogens (tertiary/aromatic N) is 1. The molecule has 148 valence electrons. The zero-order chi connectivity index (χ0) is 20.9. The molecule has 10 heteroatoms. The van der Waals surface area contributed by atoms with Crippen molar-refractivity contribution in [2.24, 2.45) is 0 Å². The zero-order valence-electron chi connectivity index (χ0n) is 14.6. The summed E-state index contributed by atoms with van der Waals surface area (Å²) >= 11 is 5.80. The first kappa shape index (κ1) is 21.2. The van der Waals surface area contributed by atoms with Crippen molar-refractivity contribution in [1.82, 2.24) is 10.3 Å². The molecular formula is C18H14ClF3N2O4. The average Bonchev–Trinajstić information content (AvgIpc) is 2.62. The molecule has 0 aliphatic carbocycles. The molecule has 0 unspecified atom stereocenters. The summed E-state index contributed by atoms with van der Waals surface area (Å²) in [5, 5.41) is 2.06. The molecule has 1 aromatic heterocycles. The summed E-state index contributed by atoms with van der Waals surface area (Å²) in [7, 11) is 1.18. The Labute approximate surface area is 162 Å². The van der Waals surface area contributed by atoms with Gasteiger partial charge in [0.1, 0.15) is 16.5 Å². The molecule has 1 N–H and O–H groups in total. The Hall–Kier alpha value is -3.07. The molecule has 0 saturated heterocycles. The number of aromatic nitrogens is 1. The first-order valence-electron chi connectivity index (χ1n) is 7.68. The van der Waals surface area contributed by atoms with Crippen molar-refractivity contribution >= 4 is 29.6 Å². The van der Waals surface area contributed by atoms with Gasteiger partial charge >= 0.3 is 12.1 Å². The van der Waals surface area contributed by atoms with Crippen LogP contribution >= 0.6 is 11.6 Å². The number of esters is 1. The summed E-state index contributed by atoms with van der Waals surface area (Å²) < 4.78 is 47.9. The van der Waals surface area contributed by atoms with Gasteiger partial charge in [0.05, 0.1) is 12.7 Å². The van der Waals surface area contributed by atoms with Crippen LogP contribution in [-0.4, -0.2) is 24.0 Å². The lowest BCUT2D eigenvalue weighted by atomic mass is 10.2. The fourth-order valence-electron chi connectivity index (χ4n) is 2.01. The van der Waals surface area contributed by atoms with Gasteiger partial charge in [-0.15, -0.1) is 0 Å². The number of halogens is 4. The Balaban J connectivity index is 2.19. The summed E-state index contributed by atoms with van der Waals surface area (Å²) in [6.45, 7) is 1.24. The molecule has 2 rings (SSSR count). The highest BCUT2D eigenvalue weighted by Crippen LogP contribution is 2.34. The van der Waals surface area contributed by atoms with Crippen LogP contribution in [-0.2, 0) is 20.5 Å². The van der Waals surface area contributed by atoms with Gasteiger partial charge in [-0.25, -0.2) is 9.78 Å². The van der Waals surface area contributed by atoms with Crippen molar-refractivity contribution < 1.29 is 32.2 Å². The second kappa shape index (κ2) is 8.75. The highest BCUT2D eigenvalue weighted by Gasteiger charge is 2.31. The predicted molar refractivity (Wildman–Crippen MR) is 94.6 cm³/mol. The number of amides is 1. The number of ether oxygens (including phenoxy) is 2. The zero-order valence-corrected chi connectivity index (χ0v) is 15.4. The van der Waals surface area contributed by atoms with Gasteiger partial charge in [0, 0.05) is 13.1 Å². The summed E-state index contributed by atoms with van der Waals surface area (Å²) in [6, 6.07) is 6.81. The first-order valence-corrected chi connectivity index (χ1v) is 8.06. The molecule has 1 heterocycles. The molecule has 1 amide bonds. The Bertz CT molecular complexity index is 912. The van der Waals surface area contributed by atoms with Crippen LogP contribution in [0.2, 0.25) is 5.02 Å². The van der Waals surface area contributed by atoms with Gasteiger partial charge in [0.2, 0.25) is 11.8 Å². The number of rotatable bonds is 5. The van der Waals surface area contributed by atoms with Gasteiger partial charge in [0.15, 0.2) is 0 Å². The van der Waals surface area contributed by atoms with Crippen LogP contribution < -0.4 is 10.1 Å². The summed E-state index contributed by atoms with van der Waals surface area (Å²) in [4.78, 5) is 26.4. The SMILES string of the molecule is COC(=O)/C(=C\c1ccc(Oc2ncc(C(F)(F)F)cc2Cl)cc1)NC(C)=O. The number of nitrogens with one attached hydrogen (secondary N) is 1. The van der Waals surface area contributed by atoms with Crippen LogP contribution in [0, 0.1) is 0 Å². The lowest BCUT2D eigenvalue weighted by Gasteiger charge is -2.10. The highest BCUT2D eigenvalue weighted by molar-refractivity contribution is 6.31. The normalized spacial score (nSPS) is 11.7. The summed E-state index contributed by atoms with van der Waals surface area (Å²) in [5.41, 5.74) is -0.511. The van der Waals surface area contributed by atoms with E-state index < -0.39 is 23.6 Å². The monoisotopic (exact) mass is 414 g/mol. The second-order valence-electron chi connectivity index (χ2n) is 5.41. The Kier molecular flexibility index (Phi) is 6.63. The van der Waals surface area contributed by atoms with Crippen LogP contribution in [0.5, 0.6) is 11.6 Å². The van der Waals surface area contributed by atoms with Gasteiger partial charge in [0.25, 0.3) is 0 Å². The van der Waals surface area contributed by atoms with Gasteiger partial charge in [-0.1, -0.05) is 23.7 Å². The number of pyridine rings is 1. The van der Waals surface area contributed by atoms with Crippen LogP contribution in [0.3, 0.4) is 0 Å². The number of hydrogen-bond donors (Lipinski definition) is 1. The van der Waals surface area contributed by atoms with E-state index in [2.05, 4.69) is 15.0 Å². The predicted octanol–water partition coefficient (Wildman–Crippen LogP) is 4.20. The summed E-state index contributed by atoms with van der Waals surface area (Å²) in [6.07, 6.45) is -2.55. The smallest absolute Gasteiger partial charge is 0.417 e. The van der Waals surface area contributed by atoms with Crippen molar-refractivity contribution in [3.05, 3.63) is 58.4 Å². The Morgan fingerprint density at radius 3 is 2.36 bits per heavy atom. The lowest BCUT2D eigenvalue weighted by Crippen LogP contribution is -2.25.